The normalized spacial score (nSPS) is 17.9. The molecule has 0 aliphatic carbocycles. The summed E-state index contributed by atoms with van der Waals surface area (Å²) < 4.78 is 0.594. The third-order valence-electron chi connectivity index (χ3n) is 6.78. The van der Waals surface area contributed by atoms with E-state index < -0.39 is 0 Å². The second-order valence-corrected chi connectivity index (χ2v) is 10.9. The number of hydrogen-bond acceptors (Lipinski definition) is 6. The number of hydrogen-bond donors (Lipinski definition) is 1. The van der Waals surface area contributed by atoms with E-state index in [1.54, 1.807) is 4.90 Å². The fraction of sp³-hybridized carbons (Fsp3) is 0.286. The average molecular weight is 517 g/mol. The number of fused-ring (bicyclic) bond motifs is 1. The van der Waals surface area contributed by atoms with Crippen LogP contribution in [0.4, 0.5) is 5.82 Å². The first-order valence-corrected chi connectivity index (χ1v) is 13.5. The molecule has 0 spiro atoms. The highest BCUT2D eigenvalue weighted by molar-refractivity contribution is 8.26. The van der Waals surface area contributed by atoms with Crippen molar-refractivity contribution < 1.29 is 9.59 Å². The van der Waals surface area contributed by atoms with E-state index in [1.807, 2.05) is 48.5 Å². The highest BCUT2D eigenvalue weighted by atomic mass is 32.2. The number of carbonyl (C=O) groups is 2. The Balaban J connectivity index is 1.38. The van der Waals surface area contributed by atoms with E-state index in [-0.39, 0.29) is 17.7 Å². The summed E-state index contributed by atoms with van der Waals surface area (Å²) in [5.41, 5.74) is 8.57. The molecule has 2 aliphatic heterocycles. The van der Waals surface area contributed by atoms with Crippen LogP contribution in [0.2, 0.25) is 0 Å². The van der Waals surface area contributed by atoms with Gasteiger partial charge in [0.15, 0.2) is 0 Å². The third kappa shape index (κ3) is 5.29. The molecule has 0 saturated carbocycles. The standard InChI is InChI=1S/C28H28N4O2S2/c29-25(33)20-12-15-31(16-13-20)26-22(17-21-10-4-5-11-23(21)30-26)18-24-27(34)32(28(35)36-24)14-6-9-19-7-2-1-3-8-19/h1-5,7-8,10-11,17-18,20H,6,9,12-16H2,(H2,29,33)/b24-18-. The number of nitrogens with two attached hydrogens (primary N) is 1. The van der Waals surface area contributed by atoms with Crippen molar-refractivity contribution in [2.24, 2.45) is 11.7 Å². The van der Waals surface area contributed by atoms with Crippen LogP contribution >= 0.6 is 24.0 Å². The van der Waals surface area contributed by atoms with Crippen LogP contribution in [0, 0.1) is 5.92 Å². The van der Waals surface area contributed by atoms with Crippen LogP contribution in [-0.2, 0) is 16.0 Å². The summed E-state index contributed by atoms with van der Waals surface area (Å²) in [6, 6.07) is 20.3. The molecule has 8 heteroatoms. The minimum atomic E-state index is -0.239. The number of pyridine rings is 1. The Kier molecular flexibility index (Phi) is 7.34. The Morgan fingerprint density at radius 3 is 2.58 bits per heavy atom. The highest BCUT2D eigenvalue weighted by Crippen LogP contribution is 2.36. The van der Waals surface area contributed by atoms with E-state index in [2.05, 4.69) is 23.1 Å². The number of thiocarbonyl (C=S) groups is 1. The van der Waals surface area contributed by atoms with E-state index in [9.17, 15) is 9.59 Å². The molecule has 1 aromatic heterocycles. The Morgan fingerprint density at radius 1 is 1.11 bits per heavy atom. The lowest BCUT2D eigenvalue weighted by Gasteiger charge is -2.32. The lowest BCUT2D eigenvalue weighted by atomic mass is 9.96. The Labute approximate surface area is 220 Å². The molecule has 0 radical (unpaired) electrons. The summed E-state index contributed by atoms with van der Waals surface area (Å²) in [5, 5.41) is 1.01. The molecule has 0 atom stereocenters. The van der Waals surface area contributed by atoms with Gasteiger partial charge in [-0.05, 0) is 49.5 Å². The molecule has 0 unspecified atom stereocenters. The molecule has 184 valence electrons. The fourth-order valence-electron chi connectivity index (χ4n) is 4.78. The Hall–Kier alpha value is -3.23. The summed E-state index contributed by atoms with van der Waals surface area (Å²) >= 11 is 6.92. The van der Waals surface area contributed by atoms with Crippen molar-refractivity contribution in [3.63, 3.8) is 0 Å². The molecule has 36 heavy (non-hydrogen) atoms. The zero-order chi connectivity index (χ0) is 25.1. The van der Waals surface area contributed by atoms with Crippen LogP contribution < -0.4 is 10.6 Å². The number of aromatic nitrogens is 1. The van der Waals surface area contributed by atoms with Gasteiger partial charge in [-0.2, -0.15) is 0 Å². The molecule has 0 bridgehead atoms. The number of nitrogens with zero attached hydrogens (tertiary/aromatic N) is 3. The van der Waals surface area contributed by atoms with Gasteiger partial charge in [0.2, 0.25) is 5.91 Å². The van der Waals surface area contributed by atoms with Crippen molar-refractivity contribution in [1.82, 2.24) is 9.88 Å². The highest BCUT2D eigenvalue weighted by Gasteiger charge is 2.32. The van der Waals surface area contributed by atoms with E-state index in [1.165, 1.54) is 17.3 Å². The molecule has 2 amide bonds. The number of para-hydroxylation sites is 1. The molecular formula is C28H28N4O2S2. The first kappa shape index (κ1) is 24.5. The van der Waals surface area contributed by atoms with Crippen LogP contribution in [0.5, 0.6) is 0 Å². The number of aryl methyl sites for hydroxylation is 1. The lowest BCUT2D eigenvalue weighted by Crippen LogP contribution is -2.39. The number of amides is 2. The first-order chi connectivity index (χ1) is 17.5. The maximum atomic E-state index is 13.3. The number of thioether (sulfide) groups is 1. The van der Waals surface area contributed by atoms with Crippen molar-refractivity contribution in [2.45, 2.75) is 25.7 Å². The van der Waals surface area contributed by atoms with Gasteiger partial charge in [0.05, 0.1) is 10.4 Å². The summed E-state index contributed by atoms with van der Waals surface area (Å²) in [7, 11) is 0. The monoisotopic (exact) mass is 516 g/mol. The SMILES string of the molecule is NC(=O)C1CCN(c2nc3ccccc3cc2/C=C2\SC(=S)N(CCCc3ccccc3)C2=O)CC1. The number of piperidine rings is 1. The minimum absolute atomic E-state index is 0.0513. The molecule has 2 saturated heterocycles. The maximum absolute atomic E-state index is 13.3. The summed E-state index contributed by atoms with van der Waals surface area (Å²) in [6.45, 7) is 1.99. The van der Waals surface area contributed by atoms with Crippen LogP contribution in [0.25, 0.3) is 17.0 Å². The molecule has 3 aromatic rings. The van der Waals surface area contributed by atoms with Gasteiger partial charge in [-0.3, -0.25) is 14.5 Å². The van der Waals surface area contributed by atoms with Crippen molar-refractivity contribution in [2.75, 3.05) is 24.5 Å². The molecule has 5 rings (SSSR count). The van der Waals surface area contributed by atoms with Gasteiger partial charge in [0.1, 0.15) is 10.1 Å². The van der Waals surface area contributed by atoms with Crippen LogP contribution in [0.1, 0.15) is 30.4 Å². The van der Waals surface area contributed by atoms with Gasteiger partial charge in [0, 0.05) is 36.5 Å². The van der Waals surface area contributed by atoms with Gasteiger partial charge in [-0.1, -0.05) is 72.5 Å². The van der Waals surface area contributed by atoms with Gasteiger partial charge >= 0.3 is 0 Å². The van der Waals surface area contributed by atoms with Crippen molar-refractivity contribution in [1.29, 1.82) is 0 Å². The van der Waals surface area contributed by atoms with Crippen molar-refractivity contribution in [3.8, 4) is 0 Å². The first-order valence-electron chi connectivity index (χ1n) is 12.2. The van der Waals surface area contributed by atoms with E-state index in [0.717, 1.165) is 35.1 Å². The van der Waals surface area contributed by atoms with Crippen molar-refractivity contribution >= 4 is 62.9 Å². The molecule has 2 aromatic carbocycles. The zero-order valence-corrected chi connectivity index (χ0v) is 21.6. The summed E-state index contributed by atoms with van der Waals surface area (Å²) in [6.07, 6.45) is 5.07. The number of benzene rings is 2. The van der Waals surface area contributed by atoms with Gasteiger partial charge in [-0.15, -0.1) is 0 Å². The predicted octanol–water partition coefficient (Wildman–Crippen LogP) is 4.77. The van der Waals surface area contributed by atoms with Crippen LogP contribution in [0.15, 0.2) is 65.6 Å². The largest absolute Gasteiger partial charge is 0.369 e. The van der Waals surface area contributed by atoms with Crippen LogP contribution in [-0.4, -0.2) is 45.7 Å². The number of primary amides is 1. The molecule has 2 aliphatic rings. The molecular weight excluding hydrogens is 488 g/mol. The number of rotatable bonds is 7. The Bertz CT molecular complexity index is 1330. The topological polar surface area (TPSA) is 79.5 Å². The summed E-state index contributed by atoms with van der Waals surface area (Å²) in [5.74, 6) is 0.435. The van der Waals surface area contributed by atoms with Crippen LogP contribution in [0.3, 0.4) is 0 Å². The van der Waals surface area contributed by atoms with E-state index in [4.69, 9.17) is 22.9 Å². The quantitative estimate of drug-likeness (QED) is 0.360. The Morgan fingerprint density at radius 2 is 1.83 bits per heavy atom. The maximum Gasteiger partial charge on any atom is 0.266 e. The summed E-state index contributed by atoms with van der Waals surface area (Å²) in [4.78, 5) is 34.4. The molecule has 2 N–H and O–H groups in total. The van der Waals surface area contributed by atoms with E-state index >= 15 is 0 Å². The number of carbonyl (C=O) groups excluding carboxylic acids is 2. The van der Waals surface area contributed by atoms with E-state index in [0.29, 0.717) is 41.7 Å². The second kappa shape index (κ2) is 10.8. The van der Waals surface area contributed by atoms with Crippen molar-refractivity contribution in [3.05, 3.63) is 76.7 Å². The molecule has 2 fully saturated rings. The predicted molar refractivity (Wildman–Crippen MR) is 151 cm³/mol. The zero-order valence-electron chi connectivity index (χ0n) is 19.9. The average Bonchev–Trinajstić information content (AvgIpc) is 3.16. The molecule has 3 heterocycles. The minimum Gasteiger partial charge on any atom is -0.369 e. The molecule has 6 nitrogen and oxygen atoms in total. The smallest absolute Gasteiger partial charge is 0.266 e. The van der Waals surface area contributed by atoms with Gasteiger partial charge < -0.3 is 10.6 Å². The van der Waals surface area contributed by atoms with Gasteiger partial charge in [0.25, 0.3) is 5.91 Å². The second-order valence-electron chi connectivity index (χ2n) is 9.18. The number of anilines is 1. The van der Waals surface area contributed by atoms with Gasteiger partial charge in [-0.25, -0.2) is 4.98 Å². The third-order valence-corrected chi connectivity index (χ3v) is 8.16. The lowest BCUT2D eigenvalue weighted by molar-refractivity contribution is -0.123. The fourth-order valence-corrected chi connectivity index (χ4v) is 6.08.